The fourth-order valence-electron chi connectivity index (χ4n) is 1.70. The van der Waals surface area contributed by atoms with Gasteiger partial charge in [0.15, 0.2) is 0 Å². The maximum atomic E-state index is 11.6. The van der Waals surface area contributed by atoms with Crippen molar-refractivity contribution in [2.75, 3.05) is 7.11 Å². The van der Waals surface area contributed by atoms with Crippen molar-refractivity contribution in [1.29, 1.82) is 0 Å². The Morgan fingerprint density at radius 1 is 1.26 bits per heavy atom. The van der Waals surface area contributed by atoms with Gasteiger partial charge in [0.05, 0.1) is 19.2 Å². The number of rotatable bonds is 3. The van der Waals surface area contributed by atoms with Crippen LogP contribution in [0.2, 0.25) is 0 Å². The molecule has 19 heavy (non-hydrogen) atoms. The number of carbonyl (C=O) groups excluding carboxylic acids is 1. The highest BCUT2D eigenvalue weighted by molar-refractivity contribution is 5.89. The summed E-state index contributed by atoms with van der Waals surface area (Å²) in [5, 5.41) is 0. The number of hydrogen-bond acceptors (Lipinski definition) is 4. The Kier molecular flexibility index (Phi) is 3.75. The zero-order chi connectivity index (χ0) is 13.8. The Morgan fingerprint density at radius 2 is 1.95 bits per heavy atom. The lowest BCUT2D eigenvalue weighted by Gasteiger charge is -2.06. The van der Waals surface area contributed by atoms with E-state index in [9.17, 15) is 9.59 Å². The maximum Gasteiger partial charge on any atom is 0.348 e. The van der Waals surface area contributed by atoms with Crippen LogP contribution in [0.25, 0.3) is 0 Å². The molecule has 2 rings (SSSR count). The monoisotopic (exact) mass is 258 g/mol. The van der Waals surface area contributed by atoms with Gasteiger partial charge in [-0.15, -0.1) is 0 Å². The van der Waals surface area contributed by atoms with Gasteiger partial charge in [-0.25, -0.2) is 9.59 Å². The molecular weight excluding hydrogens is 244 g/mol. The first-order chi connectivity index (χ1) is 9.10. The Bertz CT molecular complexity index is 644. The molecule has 0 unspecified atom stereocenters. The van der Waals surface area contributed by atoms with Gasteiger partial charge in [-0.05, 0) is 30.7 Å². The molecule has 0 aliphatic carbocycles. The first-order valence-corrected chi connectivity index (χ1v) is 5.81. The second kappa shape index (κ2) is 5.48. The summed E-state index contributed by atoms with van der Waals surface area (Å²) in [5.41, 5.74) is 1.82. The van der Waals surface area contributed by atoms with Crippen molar-refractivity contribution in [3.05, 3.63) is 63.8 Å². The number of aryl methyl sites for hydroxylation is 1. The van der Waals surface area contributed by atoms with E-state index in [1.807, 2.05) is 0 Å². The van der Waals surface area contributed by atoms with Gasteiger partial charge in [0.1, 0.15) is 0 Å². The molecule has 98 valence electrons. The first kappa shape index (κ1) is 13.0. The number of methoxy groups -OCH3 is 1. The van der Waals surface area contributed by atoms with Crippen molar-refractivity contribution in [2.24, 2.45) is 0 Å². The number of benzene rings is 1. The van der Waals surface area contributed by atoms with E-state index in [-0.39, 0.29) is 11.7 Å². The molecule has 0 spiro atoms. The Balaban J connectivity index is 2.20. The van der Waals surface area contributed by atoms with Crippen LogP contribution in [0.5, 0.6) is 0 Å². The Morgan fingerprint density at radius 3 is 2.53 bits per heavy atom. The normalized spacial score (nSPS) is 10.2. The molecule has 0 amide bonds. The van der Waals surface area contributed by atoms with E-state index in [4.69, 9.17) is 0 Å². The zero-order valence-corrected chi connectivity index (χ0v) is 10.8. The number of carbonyl (C=O) groups is 1. The van der Waals surface area contributed by atoms with Crippen LogP contribution < -0.4 is 5.69 Å². The number of hydrogen-bond donors (Lipinski definition) is 0. The molecule has 0 radical (unpaired) electrons. The molecule has 0 bridgehead atoms. The third-order valence-corrected chi connectivity index (χ3v) is 2.74. The lowest BCUT2D eigenvalue weighted by Crippen LogP contribution is -2.23. The highest BCUT2D eigenvalue weighted by Gasteiger charge is 2.05. The molecule has 0 saturated carbocycles. The van der Waals surface area contributed by atoms with E-state index in [1.54, 1.807) is 43.5 Å². The van der Waals surface area contributed by atoms with Gasteiger partial charge >= 0.3 is 11.7 Å². The van der Waals surface area contributed by atoms with Crippen LogP contribution in [0.3, 0.4) is 0 Å². The summed E-state index contributed by atoms with van der Waals surface area (Å²) >= 11 is 0. The number of nitrogens with zero attached hydrogens (tertiary/aromatic N) is 2. The summed E-state index contributed by atoms with van der Waals surface area (Å²) in [7, 11) is 1.34. The average Bonchev–Trinajstić information content (AvgIpc) is 2.42. The van der Waals surface area contributed by atoms with Gasteiger partial charge in [0.25, 0.3) is 0 Å². The zero-order valence-electron chi connectivity index (χ0n) is 10.8. The molecule has 0 atom stereocenters. The number of ether oxygens (including phenoxy) is 1. The molecule has 1 heterocycles. The Hall–Kier alpha value is -2.43. The predicted octanol–water partition coefficient (Wildman–Crippen LogP) is 1.39. The third kappa shape index (κ3) is 3.07. The second-order valence-corrected chi connectivity index (χ2v) is 4.17. The minimum atomic E-state index is -0.374. The van der Waals surface area contributed by atoms with E-state index in [0.717, 1.165) is 5.56 Å². The van der Waals surface area contributed by atoms with E-state index >= 15 is 0 Å². The molecule has 1 aromatic carbocycles. The van der Waals surface area contributed by atoms with Crippen molar-refractivity contribution in [3.8, 4) is 0 Å². The Labute approximate surface area is 110 Å². The predicted molar refractivity (Wildman–Crippen MR) is 70.1 cm³/mol. The van der Waals surface area contributed by atoms with Gasteiger partial charge in [0, 0.05) is 11.9 Å². The minimum absolute atomic E-state index is 0.281. The molecule has 1 aromatic heterocycles. The van der Waals surface area contributed by atoms with Gasteiger partial charge in [-0.1, -0.05) is 12.1 Å². The summed E-state index contributed by atoms with van der Waals surface area (Å²) < 4.78 is 6.14. The SMILES string of the molecule is COC(=O)c1ccc(Cn2ccc(C)nc2=O)cc1. The van der Waals surface area contributed by atoms with Crippen molar-refractivity contribution in [2.45, 2.75) is 13.5 Å². The maximum absolute atomic E-state index is 11.6. The minimum Gasteiger partial charge on any atom is -0.465 e. The summed E-state index contributed by atoms with van der Waals surface area (Å²) in [4.78, 5) is 26.8. The first-order valence-electron chi connectivity index (χ1n) is 5.81. The van der Waals surface area contributed by atoms with E-state index in [2.05, 4.69) is 9.72 Å². The third-order valence-electron chi connectivity index (χ3n) is 2.74. The topological polar surface area (TPSA) is 61.2 Å². The fraction of sp³-hybridized carbons (Fsp3) is 0.214. The lowest BCUT2D eigenvalue weighted by atomic mass is 10.1. The van der Waals surface area contributed by atoms with Crippen LogP contribution in [0, 0.1) is 6.92 Å². The quantitative estimate of drug-likeness (QED) is 0.780. The summed E-state index contributed by atoms with van der Waals surface area (Å²) in [6.07, 6.45) is 1.71. The van der Waals surface area contributed by atoms with Crippen LogP contribution >= 0.6 is 0 Å². The van der Waals surface area contributed by atoms with Crippen LogP contribution in [0.1, 0.15) is 21.6 Å². The summed E-state index contributed by atoms with van der Waals surface area (Å²) in [6, 6.07) is 8.71. The molecule has 0 saturated heterocycles. The van der Waals surface area contributed by atoms with Gasteiger partial charge < -0.3 is 4.74 Å². The molecule has 0 N–H and O–H groups in total. The van der Waals surface area contributed by atoms with Crippen LogP contribution in [-0.2, 0) is 11.3 Å². The smallest absolute Gasteiger partial charge is 0.348 e. The highest BCUT2D eigenvalue weighted by atomic mass is 16.5. The number of esters is 1. The largest absolute Gasteiger partial charge is 0.465 e. The summed E-state index contributed by atoms with van der Waals surface area (Å²) in [5.74, 6) is -0.374. The number of aromatic nitrogens is 2. The molecule has 0 aliphatic rings. The lowest BCUT2D eigenvalue weighted by molar-refractivity contribution is 0.0600. The average molecular weight is 258 g/mol. The van der Waals surface area contributed by atoms with Crippen molar-refractivity contribution < 1.29 is 9.53 Å². The molecule has 0 fully saturated rings. The van der Waals surface area contributed by atoms with Crippen molar-refractivity contribution in [1.82, 2.24) is 9.55 Å². The van der Waals surface area contributed by atoms with Crippen LogP contribution in [0.15, 0.2) is 41.3 Å². The summed E-state index contributed by atoms with van der Waals surface area (Å²) in [6.45, 7) is 2.20. The standard InChI is InChI=1S/C14H14N2O3/c1-10-7-8-16(14(18)15-10)9-11-3-5-12(6-4-11)13(17)19-2/h3-8H,9H2,1-2H3. The van der Waals surface area contributed by atoms with Gasteiger partial charge in [-0.3, -0.25) is 4.57 Å². The van der Waals surface area contributed by atoms with E-state index in [1.165, 1.54) is 11.7 Å². The van der Waals surface area contributed by atoms with Crippen molar-refractivity contribution >= 4 is 5.97 Å². The highest BCUT2D eigenvalue weighted by Crippen LogP contribution is 2.06. The molecule has 0 aliphatic heterocycles. The molecular formula is C14H14N2O3. The van der Waals surface area contributed by atoms with Crippen molar-refractivity contribution in [3.63, 3.8) is 0 Å². The van der Waals surface area contributed by atoms with E-state index in [0.29, 0.717) is 17.8 Å². The second-order valence-electron chi connectivity index (χ2n) is 4.17. The van der Waals surface area contributed by atoms with Crippen LogP contribution in [0.4, 0.5) is 0 Å². The van der Waals surface area contributed by atoms with Gasteiger partial charge in [-0.2, -0.15) is 4.98 Å². The molecule has 5 heteroatoms. The molecule has 5 nitrogen and oxygen atoms in total. The van der Waals surface area contributed by atoms with E-state index < -0.39 is 0 Å². The van der Waals surface area contributed by atoms with Gasteiger partial charge in [0.2, 0.25) is 0 Å². The van der Waals surface area contributed by atoms with Crippen LogP contribution in [-0.4, -0.2) is 22.6 Å². The molecule has 2 aromatic rings. The fourth-order valence-corrected chi connectivity index (χ4v) is 1.70.